The van der Waals surface area contributed by atoms with E-state index in [0.29, 0.717) is 5.82 Å². The molecule has 1 aliphatic heterocycles. The number of nitrogens with zero attached hydrogens (tertiary/aromatic N) is 4. The van der Waals surface area contributed by atoms with Crippen LogP contribution in [0.5, 0.6) is 0 Å². The standard InChI is InChI=1S/C9H17N5/c1-12-3-5-14(6-4-12)9-11-8(10)7-13(9)2/h7H,3-6,10H2,1-2H3. The average molecular weight is 195 g/mol. The molecule has 0 atom stereocenters. The van der Waals surface area contributed by atoms with Crippen LogP contribution >= 0.6 is 0 Å². The van der Waals surface area contributed by atoms with Gasteiger partial charge in [0, 0.05) is 39.4 Å². The zero-order chi connectivity index (χ0) is 10.1. The van der Waals surface area contributed by atoms with Gasteiger partial charge in [0.25, 0.3) is 0 Å². The molecule has 1 fully saturated rings. The van der Waals surface area contributed by atoms with Crippen LogP contribution in [0.15, 0.2) is 6.20 Å². The molecule has 0 unspecified atom stereocenters. The van der Waals surface area contributed by atoms with Gasteiger partial charge in [-0.05, 0) is 7.05 Å². The molecule has 0 amide bonds. The maximum atomic E-state index is 5.64. The second-order valence-corrected chi connectivity index (χ2v) is 3.87. The van der Waals surface area contributed by atoms with Crippen molar-refractivity contribution in [1.82, 2.24) is 14.5 Å². The molecule has 2 N–H and O–H groups in total. The minimum absolute atomic E-state index is 0.599. The quantitative estimate of drug-likeness (QED) is 0.671. The Bertz CT molecular complexity index is 311. The van der Waals surface area contributed by atoms with Crippen molar-refractivity contribution in [3.63, 3.8) is 0 Å². The van der Waals surface area contributed by atoms with E-state index >= 15 is 0 Å². The van der Waals surface area contributed by atoms with Gasteiger partial charge in [-0.1, -0.05) is 0 Å². The summed E-state index contributed by atoms with van der Waals surface area (Å²) in [4.78, 5) is 8.90. The molecule has 0 radical (unpaired) electrons. The van der Waals surface area contributed by atoms with E-state index in [1.165, 1.54) is 0 Å². The molecule has 78 valence electrons. The summed E-state index contributed by atoms with van der Waals surface area (Å²) in [5, 5.41) is 0. The first-order valence-corrected chi connectivity index (χ1v) is 4.89. The van der Waals surface area contributed by atoms with Crippen molar-refractivity contribution in [2.45, 2.75) is 0 Å². The van der Waals surface area contributed by atoms with E-state index in [4.69, 9.17) is 5.73 Å². The van der Waals surface area contributed by atoms with Crippen molar-refractivity contribution < 1.29 is 0 Å². The Balaban J connectivity index is 2.11. The Morgan fingerprint density at radius 1 is 1.21 bits per heavy atom. The predicted molar refractivity (Wildman–Crippen MR) is 57.3 cm³/mol. The first-order valence-electron chi connectivity index (χ1n) is 4.89. The number of rotatable bonds is 1. The Hall–Kier alpha value is -1.23. The van der Waals surface area contributed by atoms with Gasteiger partial charge < -0.3 is 20.1 Å². The van der Waals surface area contributed by atoms with Crippen molar-refractivity contribution in [2.24, 2.45) is 7.05 Å². The minimum atomic E-state index is 0.599. The number of imidazole rings is 1. The van der Waals surface area contributed by atoms with E-state index in [1.807, 2.05) is 17.8 Å². The van der Waals surface area contributed by atoms with Gasteiger partial charge in [0.05, 0.1) is 0 Å². The molecule has 1 saturated heterocycles. The largest absolute Gasteiger partial charge is 0.382 e. The lowest BCUT2D eigenvalue weighted by atomic mass is 10.3. The fourth-order valence-corrected chi connectivity index (χ4v) is 1.78. The maximum Gasteiger partial charge on any atom is 0.207 e. The zero-order valence-electron chi connectivity index (χ0n) is 8.77. The molecule has 0 aromatic carbocycles. The van der Waals surface area contributed by atoms with Crippen LogP contribution in [-0.2, 0) is 7.05 Å². The Kier molecular flexibility index (Phi) is 2.33. The fourth-order valence-electron chi connectivity index (χ4n) is 1.78. The molecule has 0 aliphatic carbocycles. The molecule has 1 aromatic rings. The van der Waals surface area contributed by atoms with Gasteiger partial charge in [0.2, 0.25) is 5.95 Å². The second kappa shape index (κ2) is 3.49. The number of aryl methyl sites for hydroxylation is 1. The summed E-state index contributed by atoms with van der Waals surface area (Å²) in [6.07, 6.45) is 1.85. The molecule has 5 heteroatoms. The smallest absolute Gasteiger partial charge is 0.207 e. The Labute approximate surface area is 84.1 Å². The molecule has 2 heterocycles. The van der Waals surface area contributed by atoms with Crippen molar-refractivity contribution in [1.29, 1.82) is 0 Å². The van der Waals surface area contributed by atoms with Gasteiger partial charge in [0.1, 0.15) is 5.82 Å². The fraction of sp³-hybridized carbons (Fsp3) is 0.667. The molecule has 0 saturated carbocycles. The van der Waals surface area contributed by atoms with Gasteiger partial charge in [-0.3, -0.25) is 0 Å². The van der Waals surface area contributed by atoms with E-state index in [-0.39, 0.29) is 0 Å². The Morgan fingerprint density at radius 2 is 1.86 bits per heavy atom. The summed E-state index contributed by atoms with van der Waals surface area (Å²) in [6, 6.07) is 0. The molecule has 0 spiro atoms. The first kappa shape index (κ1) is 9.33. The summed E-state index contributed by atoms with van der Waals surface area (Å²) in [6.45, 7) is 4.24. The summed E-state index contributed by atoms with van der Waals surface area (Å²) in [5.41, 5.74) is 5.64. The van der Waals surface area contributed by atoms with Crippen LogP contribution in [0.1, 0.15) is 0 Å². The number of piperazine rings is 1. The molecule has 2 rings (SSSR count). The summed E-state index contributed by atoms with van der Waals surface area (Å²) in [7, 11) is 4.13. The van der Waals surface area contributed by atoms with E-state index in [9.17, 15) is 0 Å². The van der Waals surface area contributed by atoms with Gasteiger partial charge in [-0.2, -0.15) is 4.98 Å². The predicted octanol–water partition coefficient (Wildman–Crippen LogP) is -0.246. The lowest BCUT2D eigenvalue weighted by molar-refractivity contribution is 0.310. The molecule has 1 aromatic heterocycles. The van der Waals surface area contributed by atoms with Crippen LogP contribution < -0.4 is 10.6 Å². The highest BCUT2D eigenvalue weighted by Crippen LogP contribution is 2.15. The molecular formula is C9H17N5. The third-order valence-electron chi connectivity index (χ3n) is 2.66. The van der Waals surface area contributed by atoms with Crippen LogP contribution in [0.2, 0.25) is 0 Å². The third kappa shape index (κ3) is 1.68. The SMILES string of the molecule is CN1CCN(c2nc(N)cn2C)CC1. The van der Waals surface area contributed by atoms with Crippen LogP contribution in [-0.4, -0.2) is 47.7 Å². The van der Waals surface area contributed by atoms with E-state index in [2.05, 4.69) is 21.8 Å². The van der Waals surface area contributed by atoms with Crippen molar-refractivity contribution in [3.05, 3.63) is 6.20 Å². The molecule has 1 aliphatic rings. The summed E-state index contributed by atoms with van der Waals surface area (Å²) < 4.78 is 1.99. The van der Waals surface area contributed by atoms with Crippen LogP contribution in [0.4, 0.5) is 11.8 Å². The lowest BCUT2D eigenvalue weighted by Crippen LogP contribution is -2.45. The molecular weight excluding hydrogens is 178 g/mol. The van der Waals surface area contributed by atoms with Gasteiger partial charge in [0.15, 0.2) is 0 Å². The molecule has 14 heavy (non-hydrogen) atoms. The van der Waals surface area contributed by atoms with Gasteiger partial charge in [-0.25, -0.2) is 0 Å². The number of nitrogens with two attached hydrogens (primary N) is 1. The van der Waals surface area contributed by atoms with Crippen molar-refractivity contribution in [3.8, 4) is 0 Å². The van der Waals surface area contributed by atoms with E-state index in [0.717, 1.165) is 32.1 Å². The molecule has 5 nitrogen and oxygen atoms in total. The maximum absolute atomic E-state index is 5.64. The highest BCUT2D eigenvalue weighted by molar-refractivity contribution is 5.41. The first-order chi connectivity index (χ1) is 6.66. The number of nitrogen functional groups attached to an aromatic ring is 1. The third-order valence-corrected chi connectivity index (χ3v) is 2.66. The van der Waals surface area contributed by atoms with E-state index < -0.39 is 0 Å². The zero-order valence-corrected chi connectivity index (χ0v) is 8.77. The summed E-state index contributed by atoms with van der Waals surface area (Å²) in [5.74, 6) is 1.58. The highest BCUT2D eigenvalue weighted by atomic mass is 15.3. The number of likely N-dealkylation sites (N-methyl/N-ethyl adjacent to an activating group) is 1. The normalized spacial score (nSPS) is 18.9. The van der Waals surface area contributed by atoms with Crippen molar-refractivity contribution >= 4 is 11.8 Å². The van der Waals surface area contributed by atoms with Crippen LogP contribution in [0.3, 0.4) is 0 Å². The number of hydrogen-bond donors (Lipinski definition) is 1. The number of anilines is 2. The topological polar surface area (TPSA) is 50.3 Å². The lowest BCUT2D eigenvalue weighted by Gasteiger charge is -2.32. The molecule has 0 bridgehead atoms. The number of aromatic nitrogens is 2. The number of hydrogen-bond acceptors (Lipinski definition) is 4. The van der Waals surface area contributed by atoms with Crippen LogP contribution in [0.25, 0.3) is 0 Å². The van der Waals surface area contributed by atoms with Gasteiger partial charge >= 0.3 is 0 Å². The second-order valence-electron chi connectivity index (χ2n) is 3.87. The highest BCUT2D eigenvalue weighted by Gasteiger charge is 2.17. The van der Waals surface area contributed by atoms with Crippen LogP contribution in [0, 0.1) is 0 Å². The van der Waals surface area contributed by atoms with E-state index in [1.54, 1.807) is 0 Å². The average Bonchev–Trinajstić information content (AvgIpc) is 2.47. The monoisotopic (exact) mass is 195 g/mol. The summed E-state index contributed by atoms with van der Waals surface area (Å²) >= 11 is 0. The van der Waals surface area contributed by atoms with Gasteiger partial charge in [-0.15, -0.1) is 0 Å². The Morgan fingerprint density at radius 3 is 2.36 bits per heavy atom. The van der Waals surface area contributed by atoms with Crippen molar-refractivity contribution in [2.75, 3.05) is 43.9 Å². The minimum Gasteiger partial charge on any atom is -0.382 e.